The normalized spacial score (nSPS) is 25.1. The molecule has 4 rings (SSSR count). The standard InChI is InChI=1S/C24H32N2O2/c1-18-5-2-3-8-22(18)20-7-4-6-19(15-20)16-25-12-11-23(24(28)17-25)26-13-9-21(27)10-14-26/h2-8,15,21,23-24,27-28H,9-14,16-17H2,1H3/t23-,24-/m1/s1. The topological polar surface area (TPSA) is 46.9 Å². The van der Waals surface area contributed by atoms with Gasteiger partial charge in [0.15, 0.2) is 0 Å². The molecule has 2 aromatic carbocycles. The number of rotatable bonds is 4. The SMILES string of the molecule is Cc1ccccc1-c1cccc(CN2CC[C@@H](N3CCC(O)CC3)[C@H](O)C2)c1. The molecule has 2 aromatic rings. The van der Waals surface area contributed by atoms with Crippen molar-refractivity contribution in [3.05, 3.63) is 59.7 Å². The van der Waals surface area contributed by atoms with Crippen LogP contribution in [0.4, 0.5) is 0 Å². The summed E-state index contributed by atoms with van der Waals surface area (Å²) in [5, 5.41) is 20.5. The molecule has 2 aliphatic rings. The number of benzene rings is 2. The van der Waals surface area contributed by atoms with E-state index in [-0.39, 0.29) is 18.2 Å². The van der Waals surface area contributed by atoms with E-state index < -0.39 is 0 Å². The van der Waals surface area contributed by atoms with Crippen LogP contribution in [0.3, 0.4) is 0 Å². The number of hydrogen-bond acceptors (Lipinski definition) is 4. The minimum atomic E-state index is -0.316. The molecule has 2 heterocycles. The highest BCUT2D eigenvalue weighted by Gasteiger charge is 2.33. The molecule has 2 N–H and O–H groups in total. The number of hydrogen-bond donors (Lipinski definition) is 2. The van der Waals surface area contributed by atoms with Gasteiger partial charge in [0.1, 0.15) is 0 Å². The number of piperidine rings is 2. The lowest BCUT2D eigenvalue weighted by atomic mass is 9.95. The number of aliphatic hydroxyl groups excluding tert-OH is 2. The number of aryl methyl sites for hydroxylation is 1. The summed E-state index contributed by atoms with van der Waals surface area (Å²) < 4.78 is 0. The van der Waals surface area contributed by atoms with Gasteiger partial charge in [-0.2, -0.15) is 0 Å². The summed E-state index contributed by atoms with van der Waals surface area (Å²) in [6, 6.07) is 17.5. The van der Waals surface area contributed by atoms with Crippen molar-refractivity contribution >= 4 is 0 Å². The zero-order valence-corrected chi connectivity index (χ0v) is 16.8. The number of likely N-dealkylation sites (tertiary alicyclic amines) is 2. The minimum absolute atomic E-state index is 0.158. The summed E-state index contributed by atoms with van der Waals surface area (Å²) in [5.41, 5.74) is 5.14. The molecular formula is C24H32N2O2. The fourth-order valence-electron chi connectivity index (χ4n) is 4.76. The van der Waals surface area contributed by atoms with Crippen LogP contribution in [0.15, 0.2) is 48.5 Å². The number of nitrogens with zero attached hydrogens (tertiary/aromatic N) is 2. The van der Waals surface area contributed by atoms with Gasteiger partial charge in [0, 0.05) is 38.8 Å². The zero-order chi connectivity index (χ0) is 19.5. The second-order valence-corrected chi connectivity index (χ2v) is 8.44. The van der Waals surface area contributed by atoms with Gasteiger partial charge in [-0.05, 0) is 54.5 Å². The highest BCUT2D eigenvalue weighted by molar-refractivity contribution is 5.67. The van der Waals surface area contributed by atoms with Crippen molar-refractivity contribution in [1.29, 1.82) is 0 Å². The summed E-state index contributed by atoms with van der Waals surface area (Å²) in [5.74, 6) is 0. The summed E-state index contributed by atoms with van der Waals surface area (Å²) in [4.78, 5) is 4.75. The number of aliphatic hydroxyl groups is 2. The van der Waals surface area contributed by atoms with Crippen LogP contribution in [0.25, 0.3) is 11.1 Å². The molecule has 0 radical (unpaired) electrons. The van der Waals surface area contributed by atoms with Crippen molar-refractivity contribution in [3.63, 3.8) is 0 Å². The van der Waals surface area contributed by atoms with E-state index >= 15 is 0 Å². The Morgan fingerprint density at radius 3 is 2.46 bits per heavy atom. The predicted octanol–water partition coefficient (Wildman–Crippen LogP) is 3.05. The predicted molar refractivity (Wildman–Crippen MR) is 113 cm³/mol. The van der Waals surface area contributed by atoms with E-state index in [4.69, 9.17) is 0 Å². The van der Waals surface area contributed by atoms with Gasteiger partial charge in [0.05, 0.1) is 12.2 Å². The maximum Gasteiger partial charge on any atom is 0.0822 e. The van der Waals surface area contributed by atoms with Crippen LogP contribution < -0.4 is 0 Å². The molecule has 0 bridgehead atoms. The lowest BCUT2D eigenvalue weighted by Crippen LogP contribution is -2.55. The van der Waals surface area contributed by atoms with Crippen LogP contribution in [0.2, 0.25) is 0 Å². The molecule has 4 nitrogen and oxygen atoms in total. The summed E-state index contributed by atoms with van der Waals surface area (Å²) in [6.07, 6.45) is 2.18. The lowest BCUT2D eigenvalue weighted by molar-refractivity contribution is -0.0355. The molecule has 2 aliphatic heterocycles. The second kappa shape index (κ2) is 8.75. The molecule has 0 amide bonds. The van der Waals surface area contributed by atoms with E-state index in [1.54, 1.807) is 0 Å². The van der Waals surface area contributed by atoms with Gasteiger partial charge >= 0.3 is 0 Å². The molecule has 28 heavy (non-hydrogen) atoms. The highest BCUT2D eigenvalue weighted by atomic mass is 16.3. The molecule has 0 aromatic heterocycles. The Bertz CT molecular complexity index is 786. The summed E-state index contributed by atoms with van der Waals surface area (Å²) in [7, 11) is 0. The fraction of sp³-hybridized carbons (Fsp3) is 0.500. The highest BCUT2D eigenvalue weighted by Crippen LogP contribution is 2.26. The van der Waals surface area contributed by atoms with E-state index in [0.717, 1.165) is 52.0 Å². The first-order chi connectivity index (χ1) is 13.6. The summed E-state index contributed by atoms with van der Waals surface area (Å²) in [6.45, 7) is 6.57. The summed E-state index contributed by atoms with van der Waals surface area (Å²) >= 11 is 0. The molecule has 0 saturated carbocycles. The van der Waals surface area contributed by atoms with Crippen molar-refractivity contribution in [3.8, 4) is 11.1 Å². The second-order valence-electron chi connectivity index (χ2n) is 8.44. The Morgan fingerprint density at radius 2 is 1.71 bits per heavy atom. The van der Waals surface area contributed by atoms with Gasteiger partial charge in [-0.1, -0.05) is 42.5 Å². The van der Waals surface area contributed by atoms with E-state index in [9.17, 15) is 10.2 Å². The van der Waals surface area contributed by atoms with Gasteiger partial charge in [0.25, 0.3) is 0 Å². The van der Waals surface area contributed by atoms with Crippen molar-refractivity contribution in [2.24, 2.45) is 0 Å². The Balaban J connectivity index is 1.38. The Hall–Kier alpha value is -1.72. The van der Waals surface area contributed by atoms with Crippen molar-refractivity contribution < 1.29 is 10.2 Å². The van der Waals surface area contributed by atoms with Gasteiger partial charge < -0.3 is 10.2 Å². The lowest BCUT2D eigenvalue weighted by Gasteiger charge is -2.43. The van der Waals surface area contributed by atoms with Crippen LogP contribution in [0, 0.1) is 6.92 Å². The third kappa shape index (κ3) is 4.47. The minimum Gasteiger partial charge on any atom is -0.393 e. The van der Waals surface area contributed by atoms with Crippen molar-refractivity contribution in [1.82, 2.24) is 9.80 Å². The van der Waals surface area contributed by atoms with Gasteiger partial charge in [-0.3, -0.25) is 9.80 Å². The van der Waals surface area contributed by atoms with Crippen LogP contribution in [0.1, 0.15) is 30.4 Å². The van der Waals surface area contributed by atoms with E-state index in [1.807, 2.05) is 0 Å². The molecule has 2 fully saturated rings. The van der Waals surface area contributed by atoms with Gasteiger partial charge in [-0.25, -0.2) is 0 Å². The maximum atomic E-state index is 10.8. The first-order valence-electron chi connectivity index (χ1n) is 10.6. The number of β-amino-alcohol motifs (C(OH)–C–C–N with tert-alkyl or cyclic N) is 1. The smallest absolute Gasteiger partial charge is 0.0822 e. The Morgan fingerprint density at radius 1 is 0.929 bits per heavy atom. The molecule has 4 heteroatoms. The Kier molecular flexibility index (Phi) is 6.12. The quantitative estimate of drug-likeness (QED) is 0.856. The van der Waals surface area contributed by atoms with Crippen LogP contribution in [0.5, 0.6) is 0 Å². The largest absolute Gasteiger partial charge is 0.393 e. The third-order valence-corrected chi connectivity index (χ3v) is 6.39. The molecule has 0 aliphatic carbocycles. The van der Waals surface area contributed by atoms with E-state index in [1.165, 1.54) is 22.3 Å². The van der Waals surface area contributed by atoms with Crippen LogP contribution in [-0.2, 0) is 6.54 Å². The molecule has 2 atom stereocenters. The molecule has 0 unspecified atom stereocenters. The van der Waals surface area contributed by atoms with Crippen molar-refractivity contribution in [2.75, 3.05) is 26.2 Å². The molecule has 0 spiro atoms. The monoisotopic (exact) mass is 380 g/mol. The average molecular weight is 381 g/mol. The van der Waals surface area contributed by atoms with Crippen molar-refractivity contribution in [2.45, 2.75) is 51.0 Å². The van der Waals surface area contributed by atoms with E-state index in [2.05, 4.69) is 65.3 Å². The third-order valence-electron chi connectivity index (χ3n) is 6.39. The average Bonchev–Trinajstić information content (AvgIpc) is 2.70. The van der Waals surface area contributed by atoms with Crippen LogP contribution in [-0.4, -0.2) is 64.4 Å². The first kappa shape index (κ1) is 19.6. The van der Waals surface area contributed by atoms with E-state index in [0.29, 0.717) is 0 Å². The Labute approximate surface area is 168 Å². The zero-order valence-electron chi connectivity index (χ0n) is 16.8. The fourth-order valence-corrected chi connectivity index (χ4v) is 4.76. The van der Waals surface area contributed by atoms with Gasteiger partial charge in [-0.15, -0.1) is 0 Å². The molecular weight excluding hydrogens is 348 g/mol. The maximum absolute atomic E-state index is 10.8. The first-order valence-corrected chi connectivity index (χ1v) is 10.6. The molecule has 2 saturated heterocycles. The molecule has 150 valence electrons. The van der Waals surface area contributed by atoms with Gasteiger partial charge in [0.2, 0.25) is 0 Å². The van der Waals surface area contributed by atoms with Crippen LogP contribution >= 0.6 is 0 Å².